The monoisotopic (exact) mass is 422 g/mol. The van der Waals surface area contributed by atoms with Crippen molar-refractivity contribution in [3.05, 3.63) is 59.7 Å². The minimum absolute atomic E-state index is 0.484. The molecule has 12 heteroatoms. The molecule has 0 saturated heterocycles. The molecule has 30 heavy (non-hydrogen) atoms. The van der Waals surface area contributed by atoms with Crippen molar-refractivity contribution in [1.29, 1.82) is 0 Å². The lowest BCUT2D eigenvalue weighted by Gasteiger charge is -2.17. The average Bonchev–Trinajstić information content (AvgIpc) is 2.69. The SMILES string of the molecule is C=CC(=O)OC(COC(=O)c1cc(C(=O)O)c(C(=O)O)cc1C(=O)O)OC(=O)C=C. The van der Waals surface area contributed by atoms with Gasteiger partial charge in [0.15, 0.2) is 6.61 Å². The Morgan fingerprint density at radius 2 is 1.13 bits per heavy atom. The zero-order chi connectivity index (χ0) is 23.0. The van der Waals surface area contributed by atoms with E-state index in [1.54, 1.807) is 0 Å². The molecule has 0 aliphatic heterocycles. The van der Waals surface area contributed by atoms with Crippen molar-refractivity contribution < 1.29 is 58.3 Å². The maximum Gasteiger partial charge on any atom is 0.339 e. The van der Waals surface area contributed by atoms with Crippen molar-refractivity contribution in [3.8, 4) is 0 Å². The molecule has 158 valence electrons. The number of esters is 3. The lowest BCUT2D eigenvalue weighted by atomic mass is 9.98. The summed E-state index contributed by atoms with van der Waals surface area (Å²) in [4.78, 5) is 68.7. The number of aromatic carboxylic acids is 3. The van der Waals surface area contributed by atoms with Gasteiger partial charge in [-0.1, -0.05) is 13.2 Å². The molecule has 0 radical (unpaired) electrons. The van der Waals surface area contributed by atoms with Crippen LogP contribution in [0.2, 0.25) is 0 Å². The van der Waals surface area contributed by atoms with Crippen LogP contribution in [0.3, 0.4) is 0 Å². The summed E-state index contributed by atoms with van der Waals surface area (Å²) in [6.07, 6.45) is -0.304. The van der Waals surface area contributed by atoms with E-state index in [9.17, 15) is 33.9 Å². The van der Waals surface area contributed by atoms with Gasteiger partial charge in [0.1, 0.15) is 0 Å². The Morgan fingerprint density at radius 1 is 0.767 bits per heavy atom. The minimum Gasteiger partial charge on any atom is -0.478 e. The van der Waals surface area contributed by atoms with E-state index in [4.69, 9.17) is 14.9 Å². The quantitative estimate of drug-likeness (QED) is 0.272. The van der Waals surface area contributed by atoms with E-state index in [-0.39, 0.29) is 0 Å². The second-order valence-corrected chi connectivity index (χ2v) is 5.17. The standard InChI is InChI=1S/C18H14O12/c1-3-12(19)29-14(30-13(20)4-2)7-28-18(27)11-6-9(16(23)24)8(15(21)22)5-10(11)17(25)26/h3-6,14H,1-2,7H2,(H,21,22)(H,23,24)(H,25,26). The lowest BCUT2D eigenvalue weighted by Crippen LogP contribution is -2.29. The van der Waals surface area contributed by atoms with Crippen molar-refractivity contribution in [3.63, 3.8) is 0 Å². The first kappa shape index (κ1) is 23.6. The highest BCUT2D eigenvalue weighted by Gasteiger charge is 2.27. The van der Waals surface area contributed by atoms with Gasteiger partial charge in [0.25, 0.3) is 6.29 Å². The normalized spacial score (nSPS) is 9.90. The molecule has 0 atom stereocenters. The van der Waals surface area contributed by atoms with E-state index in [1.165, 1.54) is 0 Å². The van der Waals surface area contributed by atoms with Crippen molar-refractivity contribution in [2.24, 2.45) is 0 Å². The molecule has 0 spiro atoms. The van der Waals surface area contributed by atoms with Crippen LogP contribution in [-0.4, -0.2) is 64.0 Å². The first-order valence-electron chi connectivity index (χ1n) is 7.72. The molecule has 0 saturated carbocycles. The Morgan fingerprint density at radius 3 is 1.50 bits per heavy atom. The lowest BCUT2D eigenvalue weighted by molar-refractivity contribution is -0.187. The molecule has 0 heterocycles. The van der Waals surface area contributed by atoms with Gasteiger partial charge in [-0.15, -0.1) is 0 Å². The van der Waals surface area contributed by atoms with Crippen LogP contribution < -0.4 is 0 Å². The van der Waals surface area contributed by atoms with E-state index in [2.05, 4.69) is 22.6 Å². The van der Waals surface area contributed by atoms with E-state index >= 15 is 0 Å². The molecule has 0 aliphatic rings. The number of benzene rings is 1. The number of hydrogen-bond donors (Lipinski definition) is 3. The number of rotatable bonds is 10. The highest BCUT2D eigenvalue weighted by atomic mass is 16.7. The summed E-state index contributed by atoms with van der Waals surface area (Å²) >= 11 is 0. The number of ether oxygens (including phenoxy) is 3. The fourth-order valence-electron chi connectivity index (χ4n) is 1.97. The predicted molar refractivity (Wildman–Crippen MR) is 94.0 cm³/mol. The van der Waals surface area contributed by atoms with Gasteiger partial charge in [0, 0.05) is 12.2 Å². The van der Waals surface area contributed by atoms with Crippen molar-refractivity contribution in [2.45, 2.75) is 6.29 Å². The highest BCUT2D eigenvalue weighted by Crippen LogP contribution is 2.20. The molecule has 1 aromatic rings. The van der Waals surface area contributed by atoms with Crippen molar-refractivity contribution in [2.75, 3.05) is 6.61 Å². The molecule has 0 aromatic heterocycles. The van der Waals surface area contributed by atoms with Gasteiger partial charge < -0.3 is 29.5 Å². The molecule has 3 N–H and O–H groups in total. The van der Waals surface area contributed by atoms with Gasteiger partial charge in [-0.05, 0) is 12.1 Å². The van der Waals surface area contributed by atoms with Crippen LogP contribution in [0, 0.1) is 0 Å². The average molecular weight is 422 g/mol. The highest BCUT2D eigenvalue weighted by molar-refractivity contribution is 6.09. The summed E-state index contributed by atoms with van der Waals surface area (Å²) in [6, 6.07) is 0.996. The van der Waals surface area contributed by atoms with Gasteiger partial charge in [-0.3, -0.25) is 0 Å². The smallest absolute Gasteiger partial charge is 0.339 e. The van der Waals surface area contributed by atoms with Gasteiger partial charge in [0.2, 0.25) is 0 Å². The summed E-state index contributed by atoms with van der Waals surface area (Å²) in [5.41, 5.74) is -3.39. The first-order chi connectivity index (χ1) is 14.0. The first-order valence-corrected chi connectivity index (χ1v) is 7.72. The molecule has 0 fully saturated rings. The van der Waals surface area contributed by atoms with Crippen LogP contribution in [0.25, 0.3) is 0 Å². The second-order valence-electron chi connectivity index (χ2n) is 5.17. The molecular formula is C18H14O12. The van der Waals surface area contributed by atoms with Crippen LogP contribution in [0.4, 0.5) is 0 Å². The maximum absolute atomic E-state index is 12.3. The summed E-state index contributed by atoms with van der Waals surface area (Å²) in [6.45, 7) is 5.34. The number of carbonyl (C=O) groups excluding carboxylic acids is 3. The van der Waals surface area contributed by atoms with E-state index < -0.39 is 71.0 Å². The molecule has 12 nitrogen and oxygen atoms in total. The van der Waals surface area contributed by atoms with Crippen LogP contribution >= 0.6 is 0 Å². The molecule has 0 bridgehead atoms. The molecule has 0 unspecified atom stereocenters. The Kier molecular flexibility index (Phi) is 7.99. The van der Waals surface area contributed by atoms with Crippen LogP contribution in [-0.2, 0) is 23.8 Å². The van der Waals surface area contributed by atoms with E-state index in [1.807, 2.05) is 0 Å². The van der Waals surface area contributed by atoms with E-state index in [0.717, 1.165) is 12.2 Å². The zero-order valence-corrected chi connectivity index (χ0v) is 15.0. The maximum atomic E-state index is 12.3. The van der Waals surface area contributed by atoms with Crippen LogP contribution in [0.15, 0.2) is 37.4 Å². The number of carboxylic acids is 3. The van der Waals surface area contributed by atoms with Crippen LogP contribution in [0.1, 0.15) is 41.4 Å². The van der Waals surface area contributed by atoms with E-state index in [0.29, 0.717) is 12.1 Å². The number of carboxylic acid groups (broad SMARTS) is 3. The molecule has 1 aromatic carbocycles. The van der Waals surface area contributed by atoms with Gasteiger partial charge in [-0.25, -0.2) is 28.8 Å². The van der Waals surface area contributed by atoms with Gasteiger partial charge in [0.05, 0.1) is 22.3 Å². The number of hydrogen-bond acceptors (Lipinski definition) is 9. The minimum atomic E-state index is -1.75. The topological polar surface area (TPSA) is 191 Å². The Bertz CT molecular complexity index is 921. The molecule has 0 aliphatic carbocycles. The summed E-state index contributed by atoms with van der Waals surface area (Å²) in [7, 11) is 0. The Hall–Kier alpha value is -4.48. The van der Waals surface area contributed by atoms with Gasteiger partial charge in [-0.2, -0.15) is 0 Å². The largest absolute Gasteiger partial charge is 0.478 e. The zero-order valence-electron chi connectivity index (χ0n) is 15.0. The van der Waals surface area contributed by atoms with Gasteiger partial charge >= 0.3 is 35.8 Å². The second kappa shape index (κ2) is 10.2. The Labute approximate surface area is 167 Å². The third kappa shape index (κ3) is 6.02. The number of carbonyl (C=O) groups is 6. The van der Waals surface area contributed by atoms with Crippen LogP contribution in [0.5, 0.6) is 0 Å². The fraction of sp³-hybridized carbons (Fsp3) is 0.111. The molecule has 1 rings (SSSR count). The molecular weight excluding hydrogens is 408 g/mol. The van der Waals surface area contributed by atoms with Crippen molar-refractivity contribution >= 4 is 35.8 Å². The third-order valence-electron chi connectivity index (χ3n) is 3.25. The summed E-state index contributed by atoms with van der Waals surface area (Å²) in [5, 5.41) is 27.4. The third-order valence-corrected chi connectivity index (χ3v) is 3.25. The summed E-state index contributed by atoms with van der Waals surface area (Å²) in [5.74, 6) is -8.72. The predicted octanol–water partition coefficient (Wildman–Crippen LogP) is 0.722. The Balaban J connectivity index is 3.24. The fourth-order valence-corrected chi connectivity index (χ4v) is 1.97. The summed E-state index contributed by atoms with van der Waals surface area (Å²) < 4.78 is 14.0. The molecule has 0 amide bonds. The van der Waals surface area contributed by atoms with Crippen molar-refractivity contribution in [1.82, 2.24) is 0 Å².